The molecule has 2 aliphatic heterocycles. The lowest BCUT2D eigenvalue weighted by molar-refractivity contribution is 0.561. The van der Waals surface area contributed by atoms with E-state index in [1.165, 1.54) is 175 Å². The highest BCUT2D eigenvalue weighted by Crippen LogP contribution is 2.68. The highest BCUT2D eigenvalue weighted by atomic mass is 32.2. The van der Waals surface area contributed by atoms with Gasteiger partial charge in [0.25, 0.3) is 0 Å². The van der Waals surface area contributed by atoms with E-state index in [-0.39, 0.29) is 0 Å². The topological polar surface area (TPSA) is 13.0 Å². The number of thiophene rings is 1. The Bertz CT molecular complexity index is 7790. The summed E-state index contributed by atoms with van der Waals surface area (Å²) in [6, 6.07) is 167. The maximum absolute atomic E-state index is 2.55. The molecule has 586 valence electrons. The molecule has 4 nitrogen and oxygen atoms in total. The van der Waals surface area contributed by atoms with E-state index in [4.69, 9.17) is 0 Å². The smallest absolute Gasteiger partial charge is 0.0731 e. The molecule has 4 aliphatic carbocycles. The van der Waals surface area contributed by atoms with Gasteiger partial charge in [0.2, 0.25) is 0 Å². The van der Waals surface area contributed by atoms with Gasteiger partial charge in [-0.05, 0) is 280 Å². The van der Waals surface area contributed by atoms with Crippen LogP contribution in [0.3, 0.4) is 0 Å². The summed E-state index contributed by atoms with van der Waals surface area (Å²) in [5.41, 5.74) is 41.5. The van der Waals surface area contributed by atoms with Crippen molar-refractivity contribution in [2.45, 2.75) is 39.4 Å². The van der Waals surface area contributed by atoms with E-state index in [1.807, 2.05) is 23.1 Å². The third-order valence-corrected chi connectivity index (χ3v) is 30.1. The standard InChI is InChI=1S/C119H78N4S2/c1-117(75-76-57-60-82(61-58-76)120(80-31-4-2-5-32-80)83-35-26-29-77(69-83)78-59-66-103-96(71-78)90-38-9-13-44-99(90)118(103)100-45-14-10-39-91(100)97-73-86(63-67-104(97)118)123-110-52-21-24-55-113(110)125-114-56-25-22-53-111(114)123)106-48-17-19-50-108(106)122(109-51-20-18-49-107(109)117)85-64-68-105-98(72-85)92-40-11-16-47-102(92)119(105)101-46-15-8-37-89(101)95-43-28-42-88(116(95)119)79-30-27-36-84(70-79)121(81-33-6-3-7-34-81)87-62-65-94-93-41-12-23-54-112(93)124-115(94)74-87/h2-74H,75H2,1H3. The number of hydrogen-bond acceptors (Lipinski definition) is 6. The van der Waals surface area contributed by atoms with Crippen LogP contribution in [-0.4, -0.2) is 0 Å². The molecule has 2 spiro atoms. The average molecular weight is 1630 g/mol. The van der Waals surface area contributed by atoms with Crippen LogP contribution in [0.4, 0.5) is 68.2 Å². The summed E-state index contributed by atoms with van der Waals surface area (Å²) in [5.74, 6) is 0. The van der Waals surface area contributed by atoms with Gasteiger partial charge in [-0.3, -0.25) is 0 Å². The van der Waals surface area contributed by atoms with Crippen molar-refractivity contribution in [3.05, 3.63) is 504 Å². The van der Waals surface area contributed by atoms with E-state index < -0.39 is 16.2 Å². The first-order valence-corrected chi connectivity index (χ1v) is 45.0. The van der Waals surface area contributed by atoms with Gasteiger partial charge in [0.15, 0.2) is 0 Å². The van der Waals surface area contributed by atoms with E-state index in [0.717, 1.165) is 57.5 Å². The van der Waals surface area contributed by atoms with Crippen molar-refractivity contribution in [3.8, 4) is 66.8 Å². The molecule has 6 aliphatic rings. The van der Waals surface area contributed by atoms with Crippen LogP contribution in [-0.2, 0) is 22.7 Å². The van der Waals surface area contributed by atoms with Gasteiger partial charge < -0.3 is 19.6 Å². The molecule has 6 heteroatoms. The lowest BCUT2D eigenvalue weighted by atomic mass is 9.68. The van der Waals surface area contributed by atoms with Gasteiger partial charge in [-0.15, -0.1) is 11.3 Å². The Hall–Kier alpha value is -15.1. The normalized spacial score (nSPS) is 15.7. The Balaban J connectivity index is 0.533. The zero-order valence-corrected chi connectivity index (χ0v) is 70.1. The highest BCUT2D eigenvalue weighted by molar-refractivity contribution is 7.99. The van der Waals surface area contributed by atoms with Crippen LogP contribution in [0.2, 0.25) is 0 Å². The summed E-state index contributed by atoms with van der Waals surface area (Å²) >= 11 is 3.71. The largest absolute Gasteiger partial charge is 0.310 e. The van der Waals surface area contributed by atoms with Crippen molar-refractivity contribution >= 4 is 112 Å². The van der Waals surface area contributed by atoms with Crippen molar-refractivity contribution in [2.75, 3.05) is 19.6 Å². The molecule has 2 atom stereocenters. The second-order valence-electron chi connectivity index (χ2n) is 34.3. The number of benzene rings is 19. The van der Waals surface area contributed by atoms with Crippen LogP contribution in [0.15, 0.2) is 453 Å². The highest BCUT2D eigenvalue weighted by Gasteiger charge is 2.55. The molecule has 0 amide bonds. The van der Waals surface area contributed by atoms with Gasteiger partial charge in [0.1, 0.15) is 0 Å². The van der Waals surface area contributed by atoms with Gasteiger partial charge in [0.05, 0.1) is 33.6 Å². The molecule has 0 saturated heterocycles. The molecule has 1 aromatic heterocycles. The lowest BCUT2D eigenvalue weighted by Gasteiger charge is -2.44. The summed E-state index contributed by atoms with van der Waals surface area (Å²) in [6.07, 6.45) is 0.787. The summed E-state index contributed by atoms with van der Waals surface area (Å²) in [4.78, 5) is 12.4. The van der Waals surface area contributed by atoms with Gasteiger partial charge in [-0.25, -0.2) is 0 Å². The minimum absolute atomic E-state index is 0.403. The first kappa shape index (κ1) is 71.7. The minimum Gasteiger partial charge on any atom is -0.310 e. The molecule has 26 rings (SSSR count). The molecule has 0 fully saturated rings. The summed E-state index contributed by atoms with van der Waals surface area (Å²) in [7, 11) is 0. The number of rotatable bonds is 12. The van der Waals surface area contributed by atoms with Gasteiger partial charge in [-0.1, -0.05) is 316 Å². The molecule has 125 heavy (non-hydrogen) atoms. The molecular weight excluding hydrogens is 1550 g/mol. The Morgan fingerprint density at radius 3 is 1.22 bits per heavy atom. The molecular formula is C119H78N4S2. The van der Waals surface area contributed by atoms with Crippen LogP contribution in [0, 0.1) is 0 Å². The second-order valence-corrected chi connectivity index (χ2v) is 36.4. The molecule has 20 aromatic rings. The van der Waals surface area contributed by atoms with Gasteiger partial charge in [0, 0.05) is 80.9 Å². The Morgan fingerprint density at radius 2 is 0.624 bits per heavy atom. The van der Waals surface area contributed by atoms with Crippen molar-refractivity contribution in [1.82, 2.24) is 0 Å². The quantitative estimate of drug-likeness (QED) is 0.121. The fourth-order valence-electron chi connectivity index (χ4n) is 22.7. The summed E-state index contributed by atoms with van der Waals surface area (Å²) in [6.45, 7) is 2.47. The predicted octanol–water partition coefficient (Wildman–Crippen LogP) is 32.3. The molecule has 2 unspecified atom stereocenters. The monoisotopic (exact) mass is 1630 g/mol. The SMILES string of the molecule is CC1(Cc2ccc(N(c3ccccc3)c3cccc(-c4ccc5c(c4)-c4ccccc4C54c5ccccc5-c5cc(N6c7ccccc7Sc7ccccc76)ccc54)c3)cc2)c2ccccc2N(c2ccc3c(c2)-c2ccccc2C32c3ccccc3-c3cccc(-c4cccc(N(c5ccccc5)c5ccc6c(c5)sc5ccccc56)c4)c32)c2ccccc21. The second kappa shape index (κ2) is 27.7. The predicted molar refractivity (Wildman–Crippen MR) is 522 cm³/mol. The maximum atomic E-state index is 2.55. The van der Waals surface area contributed by atoms with E-state index in [0.29, 0.717) is 0 Å². The average Bonchev–Trinajstić information content (AvgIpc) is 1.49. The fraction of sp³-hybridized carbons (Fsp3) is 0.0420. The third kappa shape index (κ3) is 10.5. The summed E-state index contributed by atoms with van der Waals surface area (Å²) in [5, 5.41) is 2.59. The van der Waals surface area contributed by atoms with Crippen molar-refractivity contribution in [2.24, 2.45) is 0 Å². The van der Waals surface area contributed by atoms with E-state index in [1.54, 1.807) is 0 Å². The van der Waals surface area contributed by atoms with Crippen LogP contribution < -0.4 is 19.6 Å². The number of hydrogen-bond donors (Lipinski definition) is 0. The zero-order valence-electron chi connectivity index (χ0n) is 68.5. The van der Waals surface area contributed by atoms with Crippen LogP contribution in [0.1, 0.15) is 68.1 Å². The zero-order chi connectivity index (χ0) is 82.2. The van der Waals surface area contributed by atoms with E-state index in [9.17, 15) is 0 Å². The van der Waals surface area contributed by atoms with Crippen LogP contribution in [0.5, 0.6) is 0 Å². The number of anilines is 12. The lowest BCUT2D eigenvalue weighted by Crippen LogP contribution is -2.35. The molecule has 0 saturated carbocycles. The number of para-hydroxylation sites is 6. The van der Waals surface area contributed by atoms with Gasteiger partial charge >= 0.3 is 0 Å². The van der Waals surface area contributed by atoms with Crippen molar-refractivity contribution < 1.29 is 0 Å². The Kier molecular flexibility index (Phi) is 15.9. The maximum Gasteiger partial charge on any atom is 0.0731 e. The minimum atomic E-state index is -0.619. The van der Waals surface area contributed by atoms with Crippen LogP contribution >= 0.6 is 23.1 Å². The van der Waals surface area contributed by atoms with Crippen LogP contribution in [0.25, 0.3) is 86.9 Å². The Labute approximate surface area is 735 Å². The fourth-order valence-corrected chi connectivity index (χ4v) is 24.9. The Morgan fingerprint density at radius 1 is 0.240 bits per heavy atom. The molecule has 3 heterocycles. The summed E-state index contributed by atoms with van der Waals surface area (Å²) < 4.78 is 2.58. The first-order chi connectivity index (χ1) is 61.8. The van der Waals surface area contributed by atoms with E-state index >= 15 is 0 Å². The third-order valence-electron chi connectivity index (χ3n) is 27.8. The molecule has 19 aromatic carbocycles. The van der Waals surface area contributed by atoms with E-state index in [2.05, 4.69) is 469 Å². The number of nitrogens with zero attached hydrogens (tertiary/aromatic N) is 4. The molecule has 0 bridgehead atoms. The molecule has 0 radical (unpaired) electrons. The van der Waals surface area contributed by atoms with Crippen molar-refractivity contribution in [1.29, 1.82) is 0 Å². The number of fused-ring (bicyclic) bond motifs is 27. The van der Waals surface area contributed by atoms with Gasteiger partial charge in [-0.2, -0.15) is 0 Å². The molecule has 0 N–H and O–H groups in total. The first-order valence-electron chi connectivity index (χ1n) is 43.4. The van der Waals surface area contributed by atoms with Crippen molar-refractivity contribution in [3.63, 3.8) is 0 Å².